The van der Waals surface area contributed by atoms with E-state index in [0.717, 1.165) is 11.1 Å². The number of nitriles is 1. The number of rotatable bonds is 3. The Labute approximate surface area is 98.4 Å². The third-order valence-corrected chi connectivity index (χ3v) is 2.26. The first-order valence-electron chi connectivity index (χ1n) is 5.04. The minimum absolute atomic E-state index is 0.0215. The Morgan fingerprint density at radius 2 is 2.35 bits per heavy atom. The Hall–Kier alpha value is -2.48. The quantitative estimate of drug-likeness (QED) is 0.870. The van der Waals surface area contributed by atoms with Crippen molar-refractivity contribution in [2.75, 3.05) is 5.73 Å². The molecule has 5 heteroatoms. The molecule has 1 aromatic heterocycles. The molecule has 0 aliphatic heterocycles. The molecular formula is C12H11N3O2. The lowest BCUT2D eigenvalue weighted by Gasteiger charge is -2.03. The minimum Gasteiger partial charge on any atom is -0.470 e. The first kappa shape index (κ1) is 11.0. The van der Waals surface area contributed by atoms with Crippen LogP contribution in [0.15, 0.2) is 28.8 Å². The van der Waals surface area contributed by atoms with E-state index in [1.165, 1.54) is 0 Å². The van der Waals surface area contributed by atoms with Gasteiger partial charge in [0.05, 0.1) is 0 Å². The zero-order valence-corrected chi connectivity index (χ0v) is 9.30. The molecule has 17 heavy (non-hydrogen) atoms. The molecule has 0 amide bonds. The summed E-state index contributed by atoms with van der Waals surface area (Å²) in [4.78, 5) is 0. The first-order valence-corrected chi connectivity index (χ1v) is 5.04. The summed E-state index contributed by atoms with van der Waals surface area (Å²) in [5, 5.41) is 12.4. The highest BCUT2D eigenvalue weighted by molar-refractivity contribution is 5.51. The Balaban J connectivity index is 2.10. The molecule has 5 nitrogen and oxygen atoms in total. The maximum Gasteiger partial charge on any atom is 0.275 e. The summed E-state index contributed by atoms with van der Waals surface area (Å²) in [5.74, 6) is 0.109. The zero-order chi connectivity index (χ0) is 12.3. The van der Waals surface area contributed by atoms with Gasteiger partial charge in [0, 0.05) is 0 Å². The number of hydrogen-bond donors (Lipinski definition) is 1. The second-order valence-corrected chi connectivity index (χ2v) is 3.62. The SMILES string of the molecule is Cc1cccc(COc2noc(N)c2C#N)c1. The van der Waals surface area contributed by atoms with Crippen LogP contribution in [-0.4, -0.2) is 5.16 Å². The van der Waals surface area contributed by atoms with Crippen molar-refractivity contribution in [1.82, 2.24) is 5.16 Å². The summed E-state index contributed by atoms with van der Waals surface area (Å²) in [7, 11) is 0. The summed E-state index contributed by atoms with van der Waals surface area (Å²) < 4.78 is 10.1. The van der Waals surface area contributed by atoms with Gasteiger partial charge in [-0.05, 0) is 17.6 Å². The maximum atomic E-state index is 8.82. The van der Waals surface area contributed by atoms with Gasteiger partial charge in [-0.3, -0.25) is 0 Å². The van der Waals surface area contributed by atoms with Gasteiger partial charge in [-0.2, -0.15) is 5.26 Å². The van der Waals surface area contributed by atoms with Gasteiger partial charge < -0.3 is 15.0 Å². The number of nitrogens with two attached hydrogens (primary N) is 1. The van der Waals surface area contributed by atoms with Crippen LogP contribution in [-0.2, 0) is 6.61 Å². The molecule has 0 spiro atoms. The van der Waals surface area contributed by atoms with Crippen LogP contribution in [0.25, 0.3) is 0 Å². The van der Waals surface area contributed by atoms with E-state index in [4.69, 9.17) is 15.7 Å². The monoisotopic (exact) mass is 229 g/mol. The van der Waals surface area contributed by atoms with Crippen LogP contribution in [0.2, 0.25) is 0 Å². The lowest BCUT2D eigenvalue weighted by molar-refractivity contribution is 0.270. The number of benzene rings is 1. The number of aryl methyl sites for hydroxylation is 1. The Morgan fingerprint density at radius 1 is 1.53 bits per heavy atom. The number of hydrogen-bond acceptors (Lipinski definition) is 5. The topological polar surface area (TPSA) is 85.1 Å². The molecule has 0 radical (unpaired) electrons. The second-order valence-electron chi connectivity index (χ2n) is 3.62. The fourth-order valence-electron chi connectivity index (χ4n) is 1.44. The van der Waals surface area contributed by atoms with Crippen LogP contribution >= 0.6 is 0 Å². The van der Waals surface area contributed by atoms with Crippen molar-refractivity contribution in [3.05, 3.63) is 41.0 Å². The molecule has 2 aromatic rings. The summed E-state index contributed by atoms with van der Waals surface area (Å²) in [6.07, 6.45) is 0. The van der Waals surface area contributed by atoms with E-state index in [9.17, 15) is 0 Å². The highest BCUT2D eigenvalue weighted by Crippen LogP contribution is 2.22. The maximum absolute atomic E-state index is 8.82. The number of nitrogens with zero attached hydrogens (tertiary/aromatic N) is 2. The number of ether oxygens (including phenoxy) is 1. The van der Waals surface area contributed by atoms with Gasteiger partial charge in [-0.15, -0.1) is 0 Å². The standard InChI is InChI=1S/C12H11N3O2/c1-8-3-2-4-9(5-8)7-16-12-10(6-13)11(14)17-15-12/h2-5H,7,14H2,1H3. The molecular weight excluding hydrogens is 218 g/mol. The summed E-state index contributed by atoms with van der Waals surface area (Å²) >= 11 is 0. The van der Waals surface area contributed by atoms with E-state index in [0.29, 0.717) is 6.61 Å². The summed E-state index contributed by atoms with van der Waals surface area (Å²) in [6, 6.07) is 9.75. The molecule has 2 rings (SSSR count). The van der Waals surface area contributed by atoms with Crippen molar-refractivity contribution in [1.29, 1.82) is 5.26 Å². The summed E-state index contributed by atoms with van der Waals surface area (Å²) in [5.41, 5.74) is 7.69. The van der Waals surface area contributed by atoms with E-state index < -0.39 is 0 Å². The first-order chi connectivity index (χ1) is 8.20. The molecule has 0 aliphatic rings. The third kappa shape index (κ3) is 2.37. The molecule has 0 saturated carbocycles. The lowest BCUT2D eigenvalue weighted by atomic mass is 10.1. The van der Waals surface area contributed by atoms with Gasteiger partial charge in [-0.25, -0.2) is 0 Å². The minimum atomic E-state index is -0.0215. The van der Waals surface area contributed by atoms with Gasteiger partial charge in [-0.1, -0.05) is 29.8 Å². The van der Waals surface area contributed by atoms with Crippen molar-refractivity contribution < 1.29 is 9.26 Å². The average molecular weight is 229 g/mol. The molecule has 86 valence electrons. The van der Waals surface area contributed by atoms with Crippen molar-refractivity contribution >= 4 is 5.88 Å². The molecule has 1 aromatic carbocycles. The summed E-state index contributed by atoms with van der Waals surface area (Å²) in [6.45, 7) is 2.32. The number of aromatic nitrogens is 1. The largest absolute Gasteiger partial charge is 0.470 e. The number of nitrogen functional groups attached to an aromatic ring is 1. The fourth-order valence-corrected chi connectivity index (χ4v) is 1.44. The van der Waals surface area contributed by atoms with Gasteiger partial charge in [0.25, 0.3) is 5.88 Å². The van der Waals surface area contributed by atoms with Crippen LogP contribution in [0.4, 0.5) is 5.88 Å². The molecule has 0 bridgehead atoms. The third-order valence-electron chi connectivity index (χ3n) is 2.26. The zero-order valence-electron chi connectivity index (χ0n) is 9.30. The van der Waals surface area contributed by atoms with Crippen molar-refractivity contribution in [2.45, 2.75) is 13.5 Å². The van der Waals surface area contributed by atoms with E-state index in [2.05, 4.69) is 9.68 Å². The van der Waals surface area contributed by atoms with E-state index >= 15 is 0 Å². The molecule has 0 saturated heterocycles. The van der Waals surface area contributed by atoms with Gasteiger partial charge in [0.2, 0.25) is 5.88 Å². The molecule has 0 aliphatic carbocycles. The average Bonchev–Trinajstić information content (AvgIpc) is 2.67. The lowest BCUT2D eigenvalue weighted by Crippen LogP contribution is -1.97. The smallest absolute Gasteiger partial charge is 0.275 e. The predicted molar refractivity (Wildman–Crippen MR) is 61.1 cm³/mol. The molecule has 1 heterocycles. The second kappa shape index (κ2) is 4.58. The Morgan fingerprint density at radius 3 is 3.06 bits per heavy atom. The molecule has 0 fully saturated rings. The molecule has 2 N–H and O–H groups in total. The van der Waals surface area contributed by atoms with Crippen LogP contribution < -0.4 is 10.5 Å². The Bertz CT molecular complexity index is 569. The number of anilines is 1. The van der Waals surface area contributed by atoms with Crippen LogP contribution in [0, 0.1) is 18.3 Å². The van der Waals surface area contributed by atoms with Crippen molar-refractivity contribution in [2.24, 2.45) is 0 Å². The Kier molecular flexibility index (Phi) is 2.97. The van der Waals surface area contributed by atoms with E-state index in [1.807, 2.05) is 37.3 Å². The predicted octanol–water partition coefficient (Wildman–Crippen LogP) is 2.02. The van der Waals surface area contributed by atoms with Crippen LogP contribution in [0.1, 0.15) is 16.7 Å². The normalized spacial score (nSPS) is 9.88. The highest BCUT2D eigenvalue weighted by Gasteiger charge is 2.14. The molecule has 0 atom stereocenters. The fraction of sp³-hybridized carbons (Fsp3) is 0.167. The van der Waals surface area contributed by atoms with Gasteiger partial charge >= 0.3 is 0 Å². The van der Waals surface area contributed by atoms with Crippen molar-refractivity contribution in [3.8, 4) is 11.9 Å². The van der Waals surface area contributed by atoms with Crippen molar-refractivity contribution in [3.63, 3.8) is 0 Å². The van der Waals surface area contributed by atoms with E-state index in [1.54, 1.807) is 0 Å². The van der Waals surface area contributed by atoms with E-state index in [-0.39, 0.29) is 17.3 Å². The van der Waals surface area contributed by atoms with Crippen LogP contribution in [0.5, 0.6) is 5.88 Å². The van der Waals surface area contributed by atoms with Gasteiger partial charge in [0.15, 0.2) is 5.56 Å². The highest BCUT2D eigenvalue weighted by atomic mass is 16.5. The van der Waals surface area contributed by atoms with Crippen LogP contribution in [0.3, 0.4) is 0 Å². The molecule has 0 unspecified atom stereocenters. The van der Waals surface area contributed by atoms with Gasteiger partial charge in [0.1, 0.15) is 12.7 Å².